The number of ether oxygens (including phenoxy) is 2. The van der Waals surface area contributed by atoms with E-state index in [-0.39, 0.29) is 23.5 Å². The highest BCUT2D eigenvalue weighted by atomic mass is 32.2. The monoisotopic (exact) mass is 428 g/mol. The van der Waals surface area contributed by atoms with Crippen LogP contribution in [0.1, 0.15) is 18.9 Å². The Hall–Kier alpha value is -3.07. The number of carbonyl (C=O) groups is 1. The number of methoxy groups -OCH3 is 2. The number of hydrogen-bond donors (Lipinski definition) is 1. The van der Waals surface area contributed by atoms with Gasteiger partial charge >= 0.3 is 0 Å². The first-order valence-electron chi connectivity index (χ1n) is 9.45. The summed E-state index contributed by atoms with van der Waals surface area (Å²) in [6, 6.07) is 11.9. The van der Waals surface area contributed by atoms with Crippen molar-refractivity contribution in [3.63, 3.8) is 0 Å². The van der Waals surface area contributed by atoms with E-state index in [1.54, 1.807) is 43.5 Å². The maximum absolute atomic E-state index is 14.3. The molecule has 3 aromatic rings. The first-order valence-corrected chi connectivity index (χ1v) is 10.4. The predicted octanol–water partition coefficient (Wildman–Crippen LogP) is 4.17. The van der Waals surface area contributed by atoms with Gasteiger partial charge in [-0.1, -0.05) is 23.9 Å². The molecule has 7 nitrogen and oxygen atoms in total. The number of carbonyl (C=O) groups excluding carboxylic acids is 1. The Morgan fingerprint density at radius 1 is 1.20 bits per heavy atom. The van der Waals surface area contributed by atoms with E-state index in [4.69, 9.17) is 9.47 Å². The highest BCUT2D eigenvalue weighted by molar-refractivity contribution is 7.99. The van der Waals surface area contributed by atoms with E-state index < -0.39 is 0 Å². The maximum Gasteiger partial charge on any atom is 0.234 e. The van der Waals surface area contributed by atoms with Crippen molar-refractivity contribution in [2.75, 3.05) is 25.3 Å². The molecule has 2 aromatic carbocycles. The molecular weight excluding hydrogens is 407 g/mol. The molecule has 1 fully saturated rings. The molecule has 0 unspecified atom stereocenters. The molecule has 1 saturated carbocycles. The van der Waals surface area contributed by atoms with Gasteiger partial charge in [-0.2, -0.15) is 0 Å². The van der Waals surface area contributed by atoms with E-state index in [0.29, 0.717) is 33.7 Å². The fraction of sp³-hybridized carbons (Fsp3) is 0.286. The number of rotatable bonds is 8. The van der Waals surface area contributed by atoms with Crippen LogP contribution in [0.2, 0.25) is 0 Å². The number of nitrogens with one attached hydrogen (secondary N) is 1. The second kappa shape index (κ2) is 8.74. The van der Waals surface area contributed by atoms with Crippen molar-refractivity contribution in [1.82, 2.24) is 14.8 Å². The molecule has 0 bridgehead atoms. The quantitative estimate of drug-likeness (QED) is 0.543. The minimum Gasteiger partial charge on any atom is -0.497 e. The summed E-state index contributed by atoms with van der Waals surface area (Å²) in [6.07, 6.45) is 1.98. The van der Waals surface area contributed by atoms with Gasteiger partial charge in [0.2, 0.25) is 5.91 Å². The Bertz CT molecular complexity index is 1070. The van der Waals surface area contributed by atoms with Crippen LogP contribution in [0.5, 0.6) is 11.5 Å². The van der Waals surface area contributed by atoms with Crippen molar-refractivity contribution >= 4 is 23.4 Å². The van der Waals surface area contributed by atoms with Gasteiger partial charge in [0.1, 0.15) is 17.3 Å². The zero-order valence-corrected chi connectivity index (χ0v) is 17.4. The average molecular weight is 428 g/mol. The van der Waals surface area contributed by atoms with Crippen LogP contribution in [-0.4, -0.2) is 40.6 Å². The van der Waals surface area contributed by atoms with Gasteiger partial charge in [-0.15, -0.1) is 10.2 Å². The van der Waals surface area contributed by atoms with Crippen LogP contribution in [0.15, 0.2) is 47.6 Å². The number of halogens is 1. The van der Waals surface area contributed by atoms with Crippen LogP contribution in [-0.2, 0) is 4.79 Å². The Morgan fingerprint density at radius 3 is 2.70 bits per heavy atom. The van der Waals surface area contributed by atoms with Crippen LogP contribution >= 0.6 is 11.8 Å². The van der Waals surface area contributed by atoms with E-state index in [9.17, 15) is 9.18 Å². The van der Waals surface area contributed by atoms with Crippen LogP contribution in [0.25, 0.3) is 11.4 Å². The molecule has 9 heteroatoms. The molecule has 30 heavy (non-hydrogen) atoms. The number of thioether (sulfide) groups is 1. The number of amides is 1. The lowest BCUT2D eigenvalue weighted by atomic mass is 10.2. The zero-order chi connectivity index (χ0) is 21.1. The average Bonchev–Trinajstić information content (AvgIpc) is 3.52. The third-order valence-electron chi connectivity index (χ3n) is 4.71. The van der Waals surface area contributed by atoms with Crippen LogP contribution < -0.4 is 14.8 Å². The molecule has 1 aliphatic rings. The van der Waals surface area contributed by atoms with E-state index in [0.717, 1.165) is 12.8 Å². The smallest absolute Gasteiger partial charge is 0.234 e. The zero-order valence-electron chi connectivity index (χ0n) is 16.6. The van der Waals surface area contributed by atoms with Crippen molar-refractivity contribution in [2.24, 2.45) is 0 Å². The second-order valence-corrected chi connectivity index (χ2v) is 7.73. The molecule has 1 aliphatic carbocycles. The van der Waals surface area contributed by atoms with Gasteiger partial charge in [0, 0.05) is 12.1 Å². The van der Waals surface area contributed by atoms with Gasteiger partial charge in [0.15, 0.2) is 11.0 Å². The van der Waals surface area contributed by atoms with Gasteiger partial charge in [-0.05, 0) is 37.1 Å². The topological polar surface area (TPSA) is 78.3 Å². The van der Waals surface area contributed by atoms with Gasteiger partial charge in [-0.3, -0.25) is 9.36 Å². The molecule has 0 atom stereocenters. The van der Waals surface area contributed by atoms with Crippen LogP contribution in [0.3, 0.4) is 0 Å². The van der Waals surface area contributed by atoms with Gasteiger partial charge < -0.3 is 14.8 Å². The van der Waals surface area contributed by atoms with Crippen molar-refractivity contribution in [3.8, 4) is 22.9 Å². The van der Waals surface area contributed by atoms with Crippen molar-refractivity contribution in [1.29, 1.82) is 0 Å². The van der Waals surface area contributed by atoms with E-state index in [2.05, 4.69) is 15.5 Å². The van der Waals surface area contributed by atoms with E-state index >= 15 is 0 Å². The molecule has 1 heterocycles. The maximum atomic E-state index is 14.3. The molecule has 1 N–H and O–H groups in total. The fourth-order valence-corrected chi connectivity index (χ4v) is 3.89. The molecule has 0 radical (unpaired) electrons. The van der Waals surface area contributed by atoms with Crippen LogP contribution in [0, 0.1) is 5.82 Å². The summed E-state index contributed by atoms with van der Waals surface area (Å²) in [5.41, 5.74) is 0.968. The van der Waals surface area contributed by atoms with Crippen molar-refractivity contribution in [2.45, 2.75) is 24.0 Å². The highest BCUT2D eigenvalue weighted by Gasteiger charge is 2.31. The normalized spacial score (nSPS) is 13.2. The molecular formula is C21H21FN4O3S. The standard InChI is InChI=1S/C21H21FN4O3S/c1-28-14-9-10-17(18(11-14)29-2)23-19(27)12-30-21-25-24-20(26(21)13-7-8-13)15-5-3-4-6-16(15)22/h3-6,9-11,13H,7-8,12H2,1-2H3,(H,23,27). The number of anilines is 1. The van der Waals surface area contributed by atoms with Crippen LogP contribution in [0.4, 0.5) is 10.1 Å². The summed E-state index contributed by atoms with van der Waals surface area (Å²) >= 11 is 1.27. The summed E-state index contributed by atoms with van der Waals surface area (Å²) < 4.78 is 26.7. The molecule has 0 spiro atoms. The summed E-state index contributed by atoms with van der Waals surface area (Å²) in [7, 11) is 3.09. The van der Waals surface area contributed by atoms with E-state index in [1.165, 1.54) is 24.9 Å². The molecule has 4 rings (SSSR count). The second-order valence-electron chi connectivity index (χ2n) is 6.79. The Morgan fingerprint density at radius 2 is 2.00 bits per heavy atom. The van der Waals surface area contributed by atoms with Gasteiger partial charge in [-0.25, -0.2) is 4.39 Å². The lowest BCUT2D eigenvalue weighted by Gasteiger charge is -2.12. The number of aromatic nitrogens is 3. The van der Waals surface area contributed by atoms with Gasteiger partial charge in [0.05, 0.1) is 31.2 Å². The number of hydrogen-bond acceptors (Lipinski definition) is 6. The summed E-state index contributed by atoms with van der Waals surface area (Å²) in [6.45, 7) is 0. The third kappa shape index (κ3) is 4.25. The molecule has 1 aromatic heterocycles. The Labute approximate surface area is 177 Å². The molecule has 0 aliphatic heterocycles. The van der Waals surface area contributed by atoms with Crippen molar-refractivity contribution < 1.29 is 18.7 Å². The minimum absolute atomic E-state index is 0.136. The molecule has 0 saturated heterocycles. The lowest BCUT2D eigenvalue weighted by molar-refractivity contribution is -0.113. The molecule has 1 amide bonds. The lowest BCUT2D eigenvalue weighted by Crippen LogP contribution is -2.15. The first-order chi connectivity index (χ1) is 14.6. The molecule has 156 valence electrons. The predicted molar refractivity (Wildman–Crippen MR) is 113 cm³/mol. The fourth-order valence-electron chi connectivity index (χ4n) is 3.08. The number of benzene rings is 2. The Balaban J connectivity index is 1.48. The first kappa shape index (κ1) is 20.2. The highest BCUT2D eigenvalue weighted by Crippen LogP contribution is 2.41. The van der Waals surface area contributed by atoms with E-state index in [1.807, 2.05) is 4.57 Å². The SMILES string of the molecule is COc1ccc(NC(=O)CSc2nnc(-c3ccccc3F)n2C2CC2)c(OC)c1. The summed E-state index contributed by atoms with van der Waals surface area (Å²) in [4.78, 5) is 12.5. The minimum atomic E-state index is -0.340. The van der Waals surface area contributed by atoms with Crippen molar-refractivity contribution in [3.05, 3.63) is 48.3 Å². The van der Waals surface area contributed by atoms with Gasteiger partial charge in [0.25, 0.3) is 0 Å². The Kier molecular flexibility index (Phi) is 5.89. The third-order valence-corrected chi connectivity index (χ3v) is 5.65. The summed E-state index contributed by atoms with van der Waals surface area (Å²) in [5, 5.41) is 11.9. The summed E-state index contributed by atoms with van der Waals surface area (Å²) in [5.74, 6) is 1.23. The largest absolute Gasteiger partial charge is 0.497 e. The number of nitrogens with zero attached hydrogens (tertiary/aromatic N) is 3.